The maximum absolute atomic E-state index is 13.6. The number of likely N-dealkylation sites (tertiary alicyclic amines) is 1. The molecule has 0 spiro atoms. The number of carbonyl (C=O) groups excluding carboxylic acids is 2. The Morgan fingerprint density at radius 3 is 2.53 bits per heavy atom. The number of anilines is 1. The summed E-state index contributed by atoms with van der Waals surface area (Å²) in [4.78, 5) is 30.3. The van der Waals surface area contributed by atoms with Crippen molar-refractivity contribution in [2.24, 2.45) is 17.3 Å². The van der Waals surface area contributed by atoms with Crippen LogP contribution in [-0.4, -0.2) is 29.8 Å². The lowest BCUT2D eigenvalue weighted by atomic mass is 9.72. The van der Waals surface area contributed by atoms with Crippen molar-refractivity contribution in [2.45, 2.75) is 59.8 Å². The number of hydrogen-bond donors (Lipinski definition) is 1. The van der Waals surface area contributed by atoms with Gasteiger partial charge >= 0.3 is 0 Å². The number of piperidine rings is 1. The molecule has 2 aliphatic rings. The summed E-state index contributed by atoms with van der Waals surface area (Å²) in [6.07, 6.45) is 5.13. The van der Waals surface area contributed by atoms with Gasteiger partial charge in [0, 0.05) is 18.0 Å². The highest BCUT2D eigenvalue weighted by Crippen LogP contribution is 2.45. The number of carbonyl (C=O) groups is 2. The summed E-state index contributed by atoms with van der Waals surface area (Å²) in [5, 5.41) is 5.75. The summed E-state index contributed by atoms with van der Waals surface area (Å²) in [5.74, 6) is 1.27. The SMILES string of the molecule is CC1CCN(C(=O)c2c(NC(=O)c3cccs3)sc3c2CC[C@@H](C(C)(C)C)C3)CC1. The van der Waals surface area contributed by atoms with Gasteiger partial charge in [0.15, 0.2) is 0 Å². The number of nitrogens with zero attached hydrogens (tertiary/aromatic N) is 1. The van der Waals surface area contributed by atoms with Crippen LogP contribution in [0.3, 0.4) is 0 Å². The van der Waals surface area contributed by atoms with Crippen LogP contribution in [0.4, 0.5) is 5.00 Å². The van der Waals surface area contributed by atoms with Crippen LogP contribution in [0, 0.1) is 17.3 Å². The molecule has 1 aliphatic carbocycles. The summed E-state index contributed by atoms with van der Waals surface area (Å²) in [7, 11) is 0. The second-order valence-corrected chi connectivity index (χ2v) is 12.0. The van der Waals surface area contributed by atoms with Crippen LogP contribution in [0.1, 0.15) is 77.4 Å². The van der Waals surface area contributed by atoms with Crippen molar-refractivity contribution in [1.82, 2.24) is 4.90 Å². The van der Waals surface area contributed by atoms with Gasteiger partial charge in [-0.15, -0.1) is 22.7 Å². The smallest absolute Gasteiger partial charge is 0.266 e. The summed E-state index contributed by atoms with van der Waals surface area (Å²) >= 11 is 3.05. The summed E-state index contributed by atoms with van der Waals surface area (Å²) in [6.45, 7) is 10.8. The molecular weight excluding hydrogens is 412 g/mol. The van der Waals surface area contributed by atoms with Gasteiger partial charge in [0.25, 0.3) is 11.8 Å². The highest BCUT2D eigenvalue weighted by atomic mass is 32.1. The molecule has 1 atom stereocenters. The fourth-order valence-electron chi connectivity index (χ4n) is 4.58. The molecule has 4 rings (SSSR count). The Morgan fingerprint density at radius 1 is 1.17 bits per heavy atom. The Hall–Kier alpha value is -1.66. The van der Waals surface area contributed by atoms with Gasteiger partial charge in [0.1, 0.15) is 5.00 Å². The van der Waals surface area contributed by atoms with Gasteiger partial charge in [-0.2, -0.15) is 0 Å². The van der Waals surface area contributed by atoms with Gasteiger partial charge in [-0.1, -0.05) is 33.8 Å². The van der Waals surface area contributed by atoms with Crippen LogP contribution < -0.4 is 5.32 Å². The van der Waals surface area contributed by atoms with E-state index < -0.39 is 0 Å². The standard InChI is InChI=1S/C24H32N2O2S2/c1-15-9-11-26(12-10-15)23(28)20-17-8-7-16(24(2,3)4)14-19(17)30-22(20)25-21(27)18-6-5-13-29-18/h5-6,13,15-16H,7-12,14H2,1-4H3,(H,25,27)/t16-/m1/s1. The Balaban J connectivity index is 1.66. The molecule has 1 N–H and O–H groups in total. The van der Waals surface area contributed by atoms with Gasteiger partial charge in [-0.25, -0.2) is 0 Å². The molecule has 30 heavy (non-hydrogen) atoms. The van der Waals surface area contributed by atoms with E-state index in [1.165, 1.54) is 21.8 Å². The summed E-state index contributed by atoms with van der Waals surface area (Å²) in [5.41, 5.74) is 2.20. The minimum absolute atomic E-state index is 0.107. The normalized spacial score (nSPS) is 20.1. The van der Waals surface area contributed by atoms with Gasteiger partial charge in [-0.3, -0.25) is 9.59 Å². The molecule has 162 valence electrons. The first kappa shape index (κ1) is 21.6. The first-order valence-corrected chi connectivity index (χ1v) is 12.7. The number of rotatable bonds is 3. The molecule has 2 aromatic heterocycles. The number of amides is 2. The Bertz CT molecular complexity index is 916. The van der Waals surface area contributed by atoms with E-state index in [1.54, 1.807) is 11.3 Å². The summed E-state index contributed by atoms with van der Waals surface area (Å²) in [6, 6.07) is 3.71. The van der Waals surface area contributed by atoms with Gasteiger partial charge in [-0.05, 0) is 66.4 Å². The molecule has 3 heterocycles. The molecule has 0 unspecified atom stereocenters. The third kappa shape index (κ3) is 4.35. The average molecular weight is 445 g/mol. The van der Waals surface area contributed by atoms with E-state index in [9.17, 15) is 9.59 Å². The zero-order chi connectivity index (χ0) is 21.5. The molecule has 1 fully saturated rings. The van der Waals surface area contributed by atoms with Crippen LogP contribution in [0.2, 0.25) is 0 Å². The third-order valence-electron chi connectivity index (χ3n) is 6.75. The lowest BCUT2D eigenvalue weighted by molar-refractivity contribution is 0.0697. The third-order valence-corrected chi connectivity index (χ3v) is 8.79. The van der Waals surface area contributed by atoms with Gasteiger partial charge < -0.3 is 10.2 Å². The quantitative estimate of drug-likeness (QED) is 0.623. The lowest BCUT2D eigenvalue weighted by Gasteiger charge is -2.34. The molecule has 4 nitrogen and oxygen atoms in total. The first-order chi connectivity index (χ1) is 14.2. The van der Waals surface area contributed by atoms with Crippen molar-refractivity contribution in [3.63, 3.8) is 0 Å². The highest BCUT2D eigenvalue weighted by Gasteiger charge is 2.35. The van der Waals surface area contributed by atoms with E-state index in [-0.39, 0.29) is 17.2 Å². The largest absolute Gasteiger partial charge is 0.339 e. The van der Waals surface area contributed by atoms with Crippen molar-refractivity contribution < 1.29 is 9.59 Å². The number of thiophene rings is 2. The molecule has 0 radical (unpaired) electrons. The zero-order valence-electron chi connectivity index (χ0n) is 18.4. The van der Waals surface area contributed by atoms with Crippen molar-refractivity contribution in [2.75, 3.05) is 18.4 Å². The Kier molecular flexibility index (Phi) is 6.08. The Morgan fingerprint density at radius 2 is 1.90 bits per heavy atom. The molecule has 2 aromatic rings. The van der Waals surface area contributed by atoms with Crippen molar-refractivity contribution >= 4 is 39.5 Å². The number of hydrogen-bond acceptors (Lipinski definition) is 4. The fourth-order valence-corrected chi connectivity index (χ4v) is 6.52. The second kappa shape index (κ2) is 8.46. The topological polar surface area (TPSA) is 49.4 Å². The first-order valence-electron chi connectivity index (χ1n) is 11.0. The predicted molar refractivity (Wildman–Crippen MR) is 126 cm³/mol. The molecule has 0 bridgehead atoms. The molecule has 2 amide bonds. The number of fused-ring (bicyclic) bond motifs is 1. The van der Waals surface area contributed by atoms with Gasteiger partial charge in [0.2, 0.25) is 0 Å². The van der Waals surface area contributed by atoms with E-state index >= 15 is 0 Å². The number of nitrogens with one attached hydrogen (secondary N) is 1. The van der Waals surface area contributed by atoms with E-state index in [1.807, 2.05) is 22.4 Å². The Labute approximate surface area is 187 Å². The zero-order valence-corrected chi connectivity index (χ0v) is 20.0. The fraction of sp³-hybridized carbons (Fsp3) is 0.583. The van der Waals surface area contributed by atoms with E-state index in [2.05, 4.69) is 33.0 Å². The maximum atomic E-state index is 13.6. The average Bonchev–Trinajstić information content (AvgIpc) is 3.34. The van der Waals surface area contributed by atoms with E-state index in [0.717, 1.165) is 55.8 Å². The molecule has 0 saturated carbocycles. The molecule has 6 heteroatoms. The van der Waals surface area contributed by atoms with Crippen LogP contribution in [0.15, 0.2) is 17.5 Å². The minimum atomic E-state index is -0.114. The van der Waals surface area contributed by atoms with Crippen LogP contribution in [0.5, 0.6) is 0 Å². The monoisotopic (exact) mass is 444 g/mol. The minimum Gasteiger partial charge on any atom is -0.339 e. The molecular formula is C24H32N2O2S2. The van der Waals surface area contributed by atoms with Crippen LogP contribution in [-0.2, 0) is 12.8 Å². The maximum Gasteiger partial charge on any atom is 0.266 e. The van der Waals surface area contributed by atoms with Crippen LogP contribution in [0.25, 0.3) is 0 Å². The predicted octanol–water partition coefficient (Wildman–Crippen LogP) is 6.09. The van der Waals surface area contributed by atoms with Crippen molar-refractivity contribution in [1.29, 1.82) is 0 Å². The highest BCUT2D eigenvalue weighted by molar-refractivity contribution is 7.17. The molecule has 1 aliphatic heterocycles. The van der Waals surface area contributed by atoms with Crippen LogP contribution >= 0.6 is 22.7 Å². The van der Waals surface area contributed by atoms with Crippen molar-refractivity contribution in [3.05, 3.63) is 38.4 Å². The summed E-state index contributed by atoms with van der Waals surface area (Å²) < 4.78 is 0. The lowest BCUT2D eigenvalue weighted by Crippen LogP contribution is -2.38. The van der Waals surface area contributed by atoms with E-state index in [4.69, 9.17) is 0 Å². The molecule has 0 aromatic carbocycles. The van der Waals surface area contributed by atoms with Gasteiger partial charge in [0.05, 0.1) is 10.4 Å². The molecule has 1 saturated heterocycles. The second-order valence-electron chi connectivity index (χ2n) is 9.92. The van der Waals surface area contributed by atoms with Crippen molar-refractivity contribution in [3.8, 4) is 0 Å². The van der Waals surface area contributed by atoms with E-state index in [0.29, 0.717) is 16.7 Å².